The minimum Gasteiger partial charge on any atom is -0.497 e. The molecule has 1 atom stereocenters. The largest absolute Gasteiger partial charge is 0.497 e. The van der Waals surface area contributed by atoms with E-state index in [1.54, 1.807) is 31.4 Å². The predicted octanol–water partition coefficient (Wildman–Crippen LogP) is 2.56. The summed E-state index contributed by atoms with van der Waals surface area (Å²) in [5.41, 5.74) is 2.61. The van der Waals surface area contributed by atoms with Gasteiger partial charge in [-0.3, -0.25) is 9.79 Å². The number of hydrogen-bond donors (Lipinski definition) is 3. The average Bonchev–Trinajstić information content (AvgIpc) is 3.15. The van der Waals surface area contributed by atoms with Gasteiger partial charge in [-0.05, 0) is 48.9 Å². The van der Waals surface area contributed by atoms with Crippen LogP contribution in [-0.2, 0) is 0 Å². The highest BCUT2D eigenvalue weighted by Crippen LogP contribution is 2.17. The minimum absolute atomic E-state index is 0.0920. The number of nitrogens with zero attached hydrogens (tertiary/aromatic N) is 1. The van der Waals surface area contributed by atoms with E-state index in [9.17, 15) is 4.79 Å². The van der Waals surface area contributed by atoms with Gasteiger partial charge >= 0.3 is 0 Å². The smallest absolute Gasteiger partial charge is 0.251 e. The average molecular weight is 338 g/mol. The van der Waals surface area contributed by atoms with Crippen molar-refractivity contribution in [2.45, 2.75) is 13.0 Å². The van der Waals surface area contributed by atoms with Crippen LogP contribution in [0.15, 0.2) is 53.5 Å². The molecule has 130 valence electrons. The van der Waals surface area contributed by atoms with Crippen LogP contribution < -0.4 is 20.7 Å². The van der Waals surface area contributed by atoms with Crippen molar-refractivity contribution in [3.8, 4) is 5.75 Å². The van der Waals surface area contributed by atoms with Gasteiger partial charge in [0.25, 0.3) is 5.91 Å². The van der Waals surface area contributed by atoms with Gasteiger partial charge in [-0.15, -0.1) is 0 Å². The van der Waals surface area contributed by atoms with Crippen LogP contribution in [0, 0.1) is 0 Å². The summed E-state index contributed by atoms with van der Waals surface area (Å²) >= 11 is 0. The van der Waals surface area contributed by atoms with Gasteiger partial charge in [0.15, 0.2) is 5.96 Å². The van der Waals surface area contributed by atoms with Crippen LogP contribution in [0.1, 0.15) is 28.9 Å². The van der Waals surface area contributed by atoms with E-state index < -0.39 is 0 Å². The fourth-order valence-electron chi connectivity index (χ4n) is 2.58. The molecule has 0 radical (unpaired) electrons. The van der Waals surface area contributed by atoms with E-state index in [2.05, 4.69) is 20.9 Å². The molecular weight excluding hydrogens is 316 g/mol. The number of carbonyl (C=O) groups is 1. The van der Waals surface area contributed by atoms with Gasteiger partial charge < -0.3 is 20.7 Å². The fraction of sp³-hybridized carbons (Fsp3) is 0.263. The van der Waals surface area contributed by atoms with Crippen molar-refractivity contribution in [1.82, 2.24) is 10.6 Å². The number of aliphatic imine (C=N–C) groups is 1. The molecule has 6 heteroatoms. The lowest BCUT2D eigenvalue weighted by molar-refractivity contribution is 0.0940. The number of benzene rings is 2. The zero-order valence-electron chi connectivity index (χ0n) is 14.4. The van der Waals surface area contributed by atoms with Crippen molar-refractivity contribution < 1.29 is 9.53 Å². The number of hydrogen-bond acceptors (Lipinski definition) is 5. The first-order valence-corrected chi connectivity index (χ1v) is 8.26. The maximum absolute atomic E-state index is 12.3. The van der Waals surface area contributed by atoms with Crippen molar-refractivity contribution >= 4 is 17.6 Å². The summed E-state index contributed by atoms with van der Waals surface area (Å²) in [6.45, 7) is 3.64. The Balaban J connectivity index is 1.59. The Morgan fingerprint density at radius 3 is 2.48 bits per heavy atom. The lowest BCUT2D eigenvalue weighted by Crippen LogP contribution is -2.27. The standard InChI is InChI=1S/C19H22N4O2/c1-13(22-18(24)15-5-9-17(25-2)10-6-15)14-3-7-16(8-4-14)23-19-20-11-12-21-19/h3-10,13H,11-12H2,1-2H3,(H,22,24)(H2,20,21,23)/t13-/m1/s1. The van der Waals surface area contributed by atoms with Crippen LogP contribution in [0.3, 0.4) is 0 Å². The number of nitrogens with one attached hydrogen (secondary N) is 3. The van der Waals surface area contributed by atoms with Crippen LogP contribution in [0.25, 0.3) is 0 Å². The molecule has 1 heterocycles. The lowest BCUT2D eigenvalue weighted by Gasteiger charge is -2.15. The number of rotatable bonds is 5. The summed E-state index contributed by atoms with van der Waals surface area (Å²) in [7, 11) is 1.60. The van der Waals surface area contributed by atoms with Gasteiger partial charge in [0, 0.05) is 17.8 Å². The number of guanidine groups is 1. The normalized spacial score (nSPS) is 14.2. The third-order valence-corrected chi connectivity index (χ3v) is 4.05. The molecule has 1 aliphatic rings. The highest BCUT2D eigenvalue weighted by molar-refractivity contribution is 5.95. The second-order valence-electron chi connectivity index (χ2n) is 5.83. The molecule has 0 aromatic heterocycles. The molecule has 2 aromatic carbocycles. The maximum atomic E-state index is 12.3. The molecular formula is C19H22N4O2. The quantitative estimate of drug-likeness (QED) is 0.783. The molecule has 2 aromatic rings. The molecule has 0 unspecified atom stereocenters. The Labute approximate surface area is 147 Å². The van der Waals surface area contributed by atoms with E-state index in [1.165, 1.54) is 0 Å². The SMILES string of the molecule is COc1ccc(C(=O)N[C@H](C)c2ccc(NC3=NCCN3)cc2)cc1. The second-order valence-corrected chi connectivity index (χ2v) is 5.83. The van der Waals surface area contributed by atoms with Crippen LogP contribution in [-0.4, -0.2) is 32.1 Å². The van der Waals surface area contributed by atoms with Crippen LogP contribution in [0.4, 0.5) is 5.69 Å². The monoisotopic (exact) mass is 338 g/mol. The summed E-state index contributed by atoms with van der Waals surface area (Å²) in [6, 6.07) is 14.9. The fourth-order valence-corrected chi connectivity index (χ4v) is 2.58. The number of carbonyl (C=O) groups excluding carboxylic acids is 1. The number of ether oxygens (including phenoxy) is 1. The van der Waals surface area contributed by atoms with E-state index in [0.717, 1.165) is 36.0 Å². The zero-order chi connectivity index (χ0) is 17.6. The Kier molecular flexibility index (Phi) is 5.18. The molecule has 6 nitrogen and oxygen atoms in total. The second kappa shape index (κ2) is 7.70. The van der Waals surface area contributed by atoms with Gasteiger partial charge in [0.2, 0.25) is 0 Å². The van der Waals surface area contributed by atoms with E-state index in [0.29, 0.717) is 5.56 Å². The number of anilines is 1. The summed E-state index contributed by atoms with van der Waals surface area (Å²) in [6.07, 6.45) is 0. The molecule has 0 spiro atoms. The van der Waals surface area contributed by atoms with Gasteiger partial charge in [0.1, 0.15) is 5.75 Å². The van der Waals surface area contributed by atoms with Crippen molar-refractivity contribution in [2.75, 3.05) is 25.5 Å². The third kappa shape index (κ3) is 4.29. The molecule has 0 saturated carbocycles. The summed E-state index contributed by atoms with van der Waals surface area (Å²) in [5, 5.41) is 9.40. The van der Waals surface area contributed by atoms with Crippen molar-refractivity contribution in [2.24, 2.45) is 4.99 Å². The summed E-state index contributed by atoms with van der Waals surface area (Å²) in [4.78, 5) is 16.6. The first kappa shape index (κ1) is 16.8. The van der Waals surface area contributed by atoms with Gasteiger partial charge in [-0.25, -0.2) is 0 Å². The van der Waals surface area contributed by atoms with Crippen molar-refractivity contribution in [3.63, 3.8) is 0 Å². The molecule has 1 aliphatic heterocycles. The maximum Gasteiger partial charge on any atom is 0.251 e. The molecule has 25 heavy (non-hydrogen) atoms. The Morgan fingerprint density at radius 2 is 1.88 bits per heavy atom. The van der Waals surface area contributed by atoms with Crippen LogP contribution in [0.5, 0.6) is 5.75 Å². The molecule has 3 N–H and O–H groups in total. The van der Waals surface area contributed by atoms with E-state index in [1.807, 2.05) is 31.2 Å². The molecule has 0 bridgehead atoms. The van der Waals surface area contributed by atoms with E-state index in [-0.39, 0.29) is 11.9 Å². The third-order valence-electron chi connectivity index (χ3n) is 4.05. The minimum atomic E-state index is -0.109. The van der Waals surface area contributed by atoms with Gasteiger partial charge in [0.05, 0.1) is 19.7 Å². The predicted molar refractivity (Wildman–Crippen MR) is 99.2 cm³/mol. The molecule has 0 aliphatic carbocycles. The number of amides is 1. The van der Waals surface area contributed by atoms with Crippen LogP contribution >= 0.6 is 0 Å². The topological polar surface area (TPSA) is 74.8 Å². The Bertz CT molecular complexity index is 754. The summed E-state index contributed by atoms with van der Waals surface area (Å²) in [5.74, 6) is 1.42. The first-order valence-electron chi connectivity index (χ1n) is 8.26. The zero-order valence-corrected chi connectivity index (χ0v) is 14.4. The van der Waals surface area contributed by atoms with Gasteiger partial charge in [-0.1, -0.05) is 12.1 Å². The summed E-state index contributed by atoms with van der Waals surface area (Å²) < 4.78 is 5.11. The van der Waals surface area contributed by atoms with Crippen molar-refractivity contribution in [3.05, 3.63) is 59.7 Å². The molecule has 0 fully saturated rings. The highest BCUT2D eigenvalue weighted by Gasteiger charge is 2.12. The van der Waals surface area contributed by atoms with Gasteiger partial charge in [-0.2, -0.15) is 0 Å². The molecule has 3 rings (SSSR count). The van der Waals surface area contributed by atoms with E-state index >= 15 is 0 Å². The Hall–Kier alpha value is -3.02. The molecule has 1 amide bonds. The lowest BCUT2D eigenvalue weighted by atomic mass is 10.1. The van der Waals surface area contributed by atoms with Crippen LogP contribution in [0.2, 0.25) is 0 Å². The first-order chi connectivity index (χ1) is 12.2. The van der Waals surface area contributed by atoms with E-state index in [4.69, 9.17) is 4.74 Å². The van der Waals surface area contributed by atoms with Crippen molar-refractivity contribution in [1.29, 1.82) is 0 Å². The number of methoxy groups -OCH3 is 1. The molecule has 0 saturated heterocycles. The Morgan fingerprint density at radius 1 is 1.16 bits per heavy atom. The highest BCUT2D eigenvalue weighted by atomic mass is 16.5.